The summed E-state index contributed by atoms with van der Waals surface area (Å²) in [5.74, 6) is 0. The predicted molar refractivity (Wildman–Crippen MR) is 274 cm³/mol. The SMILES string of the molecule is c1ccc(-c2ccc(-c3c(-c4ccc(-c5ccccc5)cc4)c4ccc5cccc6cc(-c7ccc(-c8ccccc8)cc7)c(c3-c3ccc(-c7ccccc7)cc3)c4c56)cc2)cc1. The first-order valence-electron chi connectivity index (χ1n) is 22.2. The van der Waals surface area contributed by atoms with Gasteiger partial charge in [-0.05, 0) is 127 Å². The van der Waals surface area contributed by atoms with Crippen molar-refractivity contribution in [1.82, 2.24) is 0 Å². The lowest BCUT2D eigenvalue weighted by molar-refractivity contribution is 1.57. The molecule has 0 aliphatic rings. The van der Waals surface area contributed by atoms with Gasteiger partial charge in [0.1, 0.15) is 0 Å². The van der Waals surface area contributed by atoms with Gasteiger partial charge in [0.2, 0.25) is 0 Å². The van der Waals surface area contributed by atoms with E-state index in [1.54, 1.807) is 0 Å². The maximum atomic E-state index is 2.44. The first kappa shape index (κ1) is 37.4. The largest absolute Gasteiger partial charge is 0.0622 e. The molecule has 0 fully saturated rings. The van der Waals surface area contributed by atoms with Crippen molar-refractivity contribution in [2.45, 2.75) is 0 Å². The van der Waals surface area contributed by atoms with E-state index in [0.29, 0.717) is 0 Å². The van der Waals surface area contributed by atoms with E-state index in [1.165, 1.54) is 121 Å². The molecule has 0 heterocycles. The Hall–Kier alpha value is -8.32. The standard InChI is InChI=1S/C64H42/c1-5-14-43(15-6-1)47-24-32-51(33-25-47)58-42-56-23-13-22-52-40-41-57-60(53-34-26-48(27-35-53)44-16-7-2-8-17-44)61(54-36-28-49(29-37-54)45-18-9-3-10-19-45)62(64(58)63(57)59(52)56)55-38-30-50(31-39-55)46-20-11-4-12-21-46/h1-42H. The normalized spacial score (nSPS) is 11.4. The Bertz CT molecular complexity index is 3550. The third-order valence-corrected chi connectivity index (χ3v) is 13.1. The van der Waals surface area contributed by atoms with Crippen molar-refractivity contribution in [2.24, 2.45) is 0 Å². The van der Waals surface area contributed by atoms with E-state index < -0.39 is 0 Å². The minimum absolute atomic E-state index is 1.18. The third-order valence-electron chi connectivity index (χ3n) is 13.1. The number of hydrogen-bond donors (Lipinski definition) is 0. The minimum atomic E-state index is 1.18. The second-order valence-electron chi connectivity index (χ2n) is 16.8. The molecule has 0 nitrogen and oxygen atoms in total. The molecule has 0 aliphatic heterocycles. The van der Waals surface area contributed by atoms with Crippen molar-refractivity contribution in [3.05, 3.63) is 255 Å². The molecular weight excluding hydrogens is 769 g/mol. The molecule has 0 saturated heterocycles. The average Bonchev–Trinajstić information content (AvgIpc) is 3.38. The zero-order valence-electron chi connectivity index (χ0n) is 35.2. The lowest BCUT2D eigenvalue weighted by Crippen LogP contribution is -1.98. The minimum Gasteiger partial charge on any atom is -0.0622 e. The fraction of sp³-hybridized carbons (Fsp3) is 0. The molecule has 0 bridgehead atoms. The lowest BCUT2D eigenvalue weighted by atomic mass is 9.77. The molecule has 12 aromatic rings. The smallest absolute Gasteiger partial charge is 0.000742 e. The highest BCUT2D eigenvalue weighted by Gasteiger charge is 2.26. The predicted octanol–water partition coefficient (Wildman–Crippen LogP) is 17.9. The molecule has 0 aromatic heterocycles. The van der Waals surface area contributed by atoms with Gasteiger partial charge in [0.05, 0.1) is 0 Å². The van der Waals surface area contributed by atoms with E-state index in [9.17, 15) is 0 Å². The summed E-state index contributed by atoms with van der Waals surface area (Å²) in [5.41, 5.74) is 19.3. The molecule has 0 atom stereocenters. The molecule has 0 N–H and O–H groups in total. The van der Waals surface area contributed by atoms with Crippen LogP contribution in [0.1, 0.15) is 0 Å². The maximum Gasteiger partial charge on any atom is -0.000742 e. The second-order valence-corrected chi connectivity index (χ2v) is 16.8. The van der Waals surface area contributed by atoms with Crippen molar-refractivity contribution < 1.29 is 0 Å². The first-order valence-corrected chi connectivity index (χ1v) is 22.2. The summed E-state index contributed by atoms with van der Waals surface area (Å²) in [5, 5.41) is 7.61. The maximum absolute atomic E-state index is 2.44. The van der Waals surface area contributed by atoms with E-state index >= 15 is 0 Å². The molecule has 298 valence electrons. The highest BCUT2D eigenvalue weighted by Crippen LogP contribution is 2.54. The first-order chi connectivity index (χ1) is 31.7. The third kappa shape index (κ3) is 6.56. The van der Waals surface area contributed by atoms with E-state index in [2.05, 4.69) is 255 Å². The van der Waals surface area contributed by atoms with Crippen LogP contribution in [0.5, 0.6) is 0 Å². The summed E-state index contributed by atoms with van der Waals surface area (Å²) in [7, 11) is 0. The molecule has 64 heavy (non-hydrogen) atoms. The molecule has 12 aromatic carbocycles. The summed E-state index contributed by atoms with van der Waals surface area (Å²) < 4.78 is 0. The van der Waals surface area contributed by atoms with Crippen LogP contribution in [0.3, 0.4) is 0 Å². The average molecular weight is 811 g/mol. The number of hydrogen-bond acceptors (Lipinski definition) is 0. The number of rotatable bonds is 8. The van der Waals surface area contributed by atoms with Crippen LogP contribution in [-0.4, -0.2) is 0 Å². The molecule has 0 aliphatic carbocycles. The fourth-order valence-corrected chi connectivity index (χ4v) is 9.96. The zero-order valence-corrected chi connectivity index (χ0v) is 35.2. The Kier molecular flexibility index (Phi) is 9.28. The van der Waals surface area contributed by atoms with Gasteiger partial charge >= 0.3 is 0 Å². The quantitative estimate of drug-likeness (QED) is 0.134. The Morgan fingerprint density at radius 1 is 0.172 bits per heavy atom. The van der Waals surface area contributed by atoms with Gasteiger partial charge in [-0.2, -0.15) is 0 Å². The Morgan fingerprint density at radius 2 is 0.516 bits per heavy atom. The molecule has 12 rings (SSSR count). The summed E-state index contributed by atoms with van der Waals surface area (Å²) in [6.45, 7) is 0. The van der Waals surface area contributed by atoms with Crippen LogP contribution in [0.4, 0.5) is 0 Å². The molecular formula is C64H42. The Morgan fingerprint density at radius 3 is 0.953 bits per heavy atom. The van der Waals surface area contributed by atoms with Crippen LogP contribution in [0, 0.1) is 0 Å². The van der Waals surface area contributed by atoms with Crippen molar-refractivity contribution in [1.29, 1.82) is 0 Å². The van der Waals surface area contributed by atoms with Crippen LogP contribution < -0.4 is 0 Å². The van der Waals surface area contributed by atoms with Gasteiger partial charge < -0.3 is 0 Å². The van der Waals surface area contributed by atoms with Gasteiger partial charge in [0, 0.05) is 0 Å². The Balaban J connectivity index is 1.21. The van der Waals surface area contributed by atoms with Crippen molar-refractivity contribution in [2.75, 3.05) is 0 Å². The molecule has 0 amide bonds. The molecule has 0 spiro atoms. The Labute approximate surface area is 374 Å². The highest BCUT2D eigenvalue weighted by molar-refractivity contribution is 6.34. The molecule has 0 saturated carbocycles. The highest BCUT2D eigenvalue weighted by atomic mass is 14.3. The number of benzene rings is 12. The van der Waals surface area contributed by atoms with Crippen LogP contribution >= 0.6 is 0 Å². The van der Waals surface area contributed by atoms with Crippen molar-refractivity contribution >= 4 is 32.3 Å². The lowest BCUT2D eigenvalue weighted by Gasteiger charge is -2.26. The van der Waals surface area contributed by atoms with Gasteiger partial charge in [-0.15, -0.1) is 0 Å². The van der Waals surface area contributed by atoms with Crippen LogP contribution in [0.25, 0.3) is 121 Å². The van der Waals surface area contributed by atoms with Gasteiger partial charge in [0.25, 0.3) is 0 Å². The van der Waals surface area contributed by atoms with Gasteiger partial charge in [0.15, 0.2) is 0 Å². The summed E-state index contributed by atoms with van der Waals surface area (Å²) >= 11 is 0. The summed E-state index contributed by atoms with van der Waals surface area (Å²) in [6, 6.07) is 93.7. The van der Waals surface area contributed by atoms with E-state index in [4.69, 9.17) is 0 Å². The summed E-state index contributed by atoms with van der Waals surface area (Å²) in [4.78, 5) is 0. The molecule has 0 unspecified atom stereocenters. The van der Waals surface area contributed by atoms with Crippen molar-refractivity contribution in [3.8, 4) is 89.0 Å². The topological polar surface area (TPSA) is 0 Å². The monoisotopic (exact) mass is 810 g/mol. The van der Waals surface area contributed by atoms with Gasteiger partial charge in [-0.1, -0.05) is 249 Å². The molecule has 0 radical (unpaired) electrons. The zero-order chi connectivity index (χ0) is 42.4. The van der Waals surface area contributed by atoms with Crippen LogP contribution in [-0.2, 0) is 0 Å². The van der Waals surface area contributed by atoms with Gasteiger partial charge in [-0.25, -0.2) is 0 Å². The van der Waals surface area contributed by atoms with E-state index in [0.717, 1.165) is 0 Å². The van der Waals surface area contributed by atoms with Crippen LogP contribution in [0.2, 0.25) is 0 Å². The van der Waals surface area contributed by atoms with E-state index in [1.807, 2.05) is 0 Å². The molecule has 0 heteroatoms. The van der Waals surface area contributed by atoms with Gasteiger partial charge in [-0.3, -0.25) is 0 Å². The van der Waals surface area contributed by atoms with Crippen LogP contribution in [0.15, 0.2) is 255 Å². The summed E-state index contributed by atoms with van der Waals surface area (Å²) in [6.07, 6.45) is 0. The second kappa shape index (κ2) is 15.9. The van der Waals surface area contributed by atoms with Crippen molar-refractivity contribution in [3.63, 3.8) is 0 Å². The fourth-order valence-electron chi connectivity index (χ4n) is 9.96. The van der Waals surface area contributed by atoms with E-state index in [-0.39, 0.29) is 0 Å².